The normalized spacial score (nSPS) is 12.4. The third kappa shape index (κ3) is 2.85. The van der Waals surface area contributed by atoms with Gasteiger partial charge in [0, 0.05) is 7.05 Å². The molecule has 0 bridgehead atoms. The predicted molar refractivity (Wildman–Crippen MR) is 65.7 cm³/mol. The summed E-state index contributed by atoms with van der Waals surface area (Å²) in [6, 6.07) is 7.59. The van der Waals surface area contributed by atoms with E-state index in [-0.39, 0.29) is 0 Å². The van der Waals surface area contributed by atoms with Crippen LogP contribution in [0.5, 0.6) is 0 Å². The van der Waals surface area contributed by atoms with Crippen LogP contribution in [0.1, 0.15) is 24.5 Å². The standard InChI is InChI=1S/C13H16N2O2/c1-10(16)13-6-5-11(8-14-13)15(2)9-12-4-3-7-17-12/h3-8,10,16H,9H2,1-2H3. The highest BCUT2D eigenvalue weighted by molar-refractivity contribution is 5.44. The summed E-state index contributed by atoms with van der Waals surface area (Å²) >= 11 is 0. The molecule has 2 rings (SSSR count). The largest absolute Gasteiger partial charge is 0.467 e. The lowest BCUT2D eigenvalue weighted by molar-refractivity contribution is 0.194. The van der Waals surface area contributed by atoms with Crippen LogP contribution in [0.15, 0.2) is 41.1 Å². The first-order valence-corrected chi connectivity index (χ1v) is 5.54. The molecule has 0 spiro atoms. The van der Waals surface area contributed by atoms with Crippen LogP contribution in [0.3, 0.4) is 0 Å². The molecule has 4 heteroatoms. The molecule has 90 valence electrons. The summed E-state index contributed by atoms with van der Waals surface area (Å²) in [5, 5.41) is 9.37. The molecule has 0 aliphatic heterocycles. The van der Waals surface area contributed by atoms with Gasteiger partial charge in [-0.3, -0.25) is 4.98 Å². The van der Waals surface area contributed by atoms with Crippen molar-refractivity contribution in [3.63, 3.8) is 0 Å². The van der Waals surface area contributed by atoms with Gasteiger partial charge < -0.3 is 14.4 Å². The van der Waals surface area contributed by atoms with Crippen LogP contribution in [0.25, 0.3) is 0 Å². The van der Waals surface area contributed by atoms with Gasteiger partial charge in [0.2, 0.25) is 0 Å². The average molecular weight is 232 g/mol. The fraction of sp³-hybridized carbons (Fsp3) is 0.308. The van der Waals surface area contributed by atoms with Crippen LogP contribution >= 0.6 is 0 Å². The van der Waals surface area contributed by atoms with Gasteiger partial charge in [-0.1, -0.05) is 0 Å². The molecular formula is C13H16N2O2. The first-order valence-electron chi connectivity index (χ1n) is 5.54. The Morgan fingerprint density at radius 2 is 2.24 bits per heavy atom. The van der Waals surface area contributed by atoms with Gasteiger partial charge in [0.05, 0.1) is 36.5 Å². The van der Waals surface area contributed by atoms with Crippen LogP contribution in [0.4, 0.5) is 5.69 Å². The zero-order chi connectivity index (χ0) is 12.3. The van der Waals surface area contributed by atoms with E-state index >= 15 is 0 Å². The third-order valence-electron chi connectivity index (χ3n) is 2.61. The van der Waals surface area contributed by atoms with E-state index in [1.165, 1.54) is 0 Å². The Labute approximate surface area is 101 Å². The molecule has 17 heavy (non-hydrogen) atoms. The van der Waals surface area contributed by atoms with Crippen LogP contribution in [0.2, 0.25) is 0 Å². The fourth-order valence-electron chi connectivity index (χ4n) is 1.60. The molecule has 0 saturated carbocycles. The van der Waals surface area contributed by atoms with Gasteiger partial charge >= 0.3 is 0 Å². The van der Waals surface area contributed by atoms with Crippen molar-refractivity contribution >= 4 is 5.69 Å². The summed E-state index contributed by atoms with van der Waals surface area (Å²) in [6.45, 7) is 2.40. The third-order valence-corrected chi connectivity index (χ3v) is 2.61. The van der Waals surface area contributed by atoms with Gasteiger partial charge in [-0.2, -0.15) is 0 Å². The summed E-state index contributed by atoms with van der Waals surface area (Å²) in [4.78, 5) is 6.25. The number of furan rings is 1. The smallest absolute Gasteiger partial charge is 0.123 e. The molecule has 1 N–H and O–H groups in total. The van der Waals surface area contributed by atoms with Crippen LogP contribution in [-0.4, -0.2) is 17.1 Å². The highest BCUT2D eigenvalue weighted by atomic mass is 16.3. The Morgan fingerprint density at radius 1 is 1.41 bits per heavy atom. The van der Waals surface area contributed by atoms with Crippen LogP contribution < -0.4 is 4.90 Å². The van der Waals surface area contributed by atoms with Gasteiger partial charge in [0.15, 0.2) is 0 Å². The zero-order valence-corrected chi connectivity index (χ0v) is 10.00. The number of nitrogens with zero attached hydrogens (tertiary/aromatic N) is 2. The minimum Gasteiger partial charge on any atom is -0.467 e. The lowest BCUT2D eigenvalue weighted by atomic mass is 10.2. The SMILES string of the molecule is CC(O)c1ccc(N(C)Cc2ccco2)cn1. The topological polar surface area (TPSA) is 49.5 Å². The molecule has 2 heterocycles. The van der Waals surface area contributed by atoms with Crippen molar-refractivity contribution < 1.29 is 9.52 Å². The molecule has 2 aromatic rings. The van der Waals surface area contributed by atoms with E-state index in [1.54, 1.807) is 19.4 Å². The Hall–Kier alpha value is -1.81. The van der Waals surface area contributed by atoms with Crippen molar-refractivity contribution in [3.8, 4) is 0 Å². The summed E-state index contributed by atoms with van der Waals surface area (Å²) in [7, 11) is 1.97. The quantitative estimate of drug-likeness (QED) is 0.879. The summed E-state index contributed by atoms with van der Waals surface area (Å²) in [5.41, 5.74) is 1.67. The maximum Gasteiger partial charge on any atom is 0.123 e. The van der Waals surface area contributed by atoms with E-state index < -0.39 is 6.10 Å². The molecule has 2 aromatic heterocycles. The van der Waals surface area contributed by atoms with Gasteiger partial charge in [0.1, 0.15) is 5.76 Å². The van der Waals surface area contributed by atoms with Crippen molar-refractivity contribution in [3.05, 3.63) is 48.2 Å². The lowest BCUT2D eigenvalue weighted by Gasteiger charge is -2.17. The van der Waals surface area contributed by atoms with E-state index in [0.29, 0.717) is 12.2 Å². The molecule has 0 saturated heterocycles. The molecule has 1 atom stereocenters. The van der Waals surface area contributed by atoms with Crippen molar-refractivity contribution in [2.24, 2.45) is 0 Å². The highest BCUT2D eigenvalue weighted by Crippen LogP contribution is 2.17. The number of hydrogen-bond donors (Lipinski definition) is 1. The summed E-state index contributed by atoms with van der Waals surface area (Å²) < 4.78 is 5.29. The van der Waals surface area contributed by atoms with Crippen molar-refractivity contribution in [2.75, 3.05) is 11.9 Å². The number of anilines is 1. The Kier molecular flexibility index (Phi) is 3.44. The molecule has 4 nitrogen and oxygen atoms in total. The second-order valence-corrected chi connectivity index (χ2v) is 4.05. The van der Waals surface area contributed by atoms with E-state index in [2.05, 4.69) is 4.98 Å². The summed E-state index contributed by atoms with van der Waals surface area (Å²) in [6.07, 6.45) is 2.89. The molecule has 1 unspecified atom stereocenters. The molecule has 0 amide bonds. The Balaban J connectivity index is 2.06. The Bertz CT molecular complexity index is 449. The molecule has 0 fully saturated rings. The van der Waals surface area contributed by atoms with Gasteiger partial charge in [-0.15, -0.1) is 0 Å². The second-order valence-electron chi connectivity index (χ2n) is 4.05. The lowest BCUT2D eigenvalue weighted by Crippen LogP contribution is -2.16. The van der Waals surface area contributed by atoms with Crippen molar-refractivity contribution in [1.82, 2.24) is 4.98 Å². The molecule has 0 aliphatic rings. The molecule has 0 aromatic carbocycles. The minimum absolute atomic E-state index is 0.528. The van der Waals surface area contributed by atoms with Crippen molar-refractivity contribution in [2.45, 2.75) is 19.6 Å². The van der Waals surface area contributed by atoms with Gasteiger partial charge in [0.25, 0.3) is 0 Å². The van der Waals surface area contributed by atoms with Crippen molar-refractivity contribution in [1.29, 1.82) is 0 Å². The first kappa shape index (κ1) is 11.7. The average Bonchev–Trinajstić information content (AvgIpc) is 2.82. The zero-order valence-electron chi connectivity index (χ0n) is 10.00. The minimum atomic E-state index is -0.528. The molecule has 0 radical (unpaired) electrons. The van der Waals surface area contributed by atoms with E-state index in [4.69, 9.17) is 4.42 Å². The van der Waals surface area contributed by atoms with Crippen LogP contribution in [0, 0.1) is 0 Å². The van der Waals surface area contributed by atoms with E-state index in [0.717, 1.165) is 11.4 Å². The number of aliphatic hydroxyl groups excluding tert-OH is 1. The number of aliphatic hydroxyl groups is 1. The number of aromatic nitrogens is 1. The number of rotatable bonds is 4. The van der Waals surface area contributed by atoms with E-state index in [1.807, 2.05) is 36.2 Å². The van der Waals surface area contributed by atoms with Gasteiger partial charge in [-0.05, 0) is 31.2 Å². The number of hydrogen-bond acceptors (Lipinski definition) is 4. The maximum atomic E-state index is 9.37. The van der Waals surface area contributed by atoms with Gasteiger partial charge in [-0.25, -0.2) is 0 Å². The van der Waals surface area contributed by atoms with Crippen LogP contribution in [-0.2, 0) is 6.54 Å². The summed E-state index contributed by atoms with van der Waals surface area (Å²) in [5.74, 6) is 0.909. The molecular weight excluding hydrogens is 216 g/mol. The fourth-order valence-corrected chi connectivity index (χ4v) is 1.60. The predicted octanol–water partition coefficient (Wildman–Crippen LogP) is 2.36. The molecule has 0 aliphatic carbocycles. The van der Waals surface area contributed by atoms with E-state index in [9.17, 15) is 5.11 Å². The number of pyridine rings is 1. The second kappa shape index (κ2) is 5.01. The first-order chi connectivity index (χ1) is 8.16. The monoisotopic (exact) mass is 232 g/mol. The Morgan fingerprint density at radius 3 is 2.76 bits per heavy atom. The highest BCUT2D eigenvalue weighted by Gasteiger charge is 2.06. The maximum absolute atomic E-state index is 9.37.